The summed E-state index contributed by atoms with van der Waals surface area (Å²) in [7, 11) is 1.84. The molecule has 1 rings (SSSR count). The van der Waals surface area contributed by atoms with Gasteiger partial charge in [0.05, 0.1) is 6.61 Å². The van der Waals surface area contributed by atoms with E-state index in [2.05, 4.69) is 5.32 Å². The molecule has 0 saturated carbocycles. The normalized spacial score (nSPS) is 14.4. The van der Waals surface area contributed by atoms with Crippen molar-refractivity contribution in [2.24, 2.45) is 5.92 Å². The van der Waals surface area contributed by atoms with Crippen LogP contribution in [0.4, 0.5) is 4.39 Å². The van der Waals surface area contributed by atoms with Crippen LogP contribution in [0.15, 0.2) is 18.2 Å². The number of aliphatic hydroxyl groups excluding tert-OH is 1. The van der Waals surface area contributed by atoms with Crippen LogP contribution in [0.25, 0.3) is 0 Å². The summed E-state index contributed by atoms with van der Waals surface area (Å²) >= 11 is 0. The molecule has 3 nitrogen and oxygen atoms in total. The molecule has 4 heteroatoms. The van der Waals surface area contributed by atoms with Gasteiger partial charge in [-0.2, -0.15) is 0 Å². The highest BCUT2D eigenvalue weighted by Crippen LogP contribution is 2.26. The van der Waals surface area contributed by atoms with Crippen molar-refractivity contribution in [2.75, 3.05) is 20.3 Å². The zero-order valence-electron chi connectivity index (χ0n) is 10.5. The van der Waals surface area contributed by atoms with E-state index < -0.39 is 0 Å². The molecule has 96 valence electrons. The molecule has 1 aromatic rings. The van der Waals surface area contributed by atoms with Crippen molar-refractivity contribution in [1.29, 1.82) is 0 Å². The number of aliphatic hydroxyl groups is 1. The molecular weight excluding hydrogens is 221 g/mol. The molecule has 0 aliphatic rings. The quantitative estimate of drug-likeness (QED) is 0.801. The average Bonchev–Trinajstić information content (AvgIpc) is 2.35. The molecule has 0 spiro atoms. The van der Waals surface area contributed by atoms with Crippen molar-refractivity contribution in [2.45, 2.75) is 19.9 Å². The molecule has 0 aromatic heterocycles. The molecule has 2 atom stereocenters. The lowest BCUT2D eigenvalue weighted by Crippen LogP contribution is -2.17. The summed E-state index contributed by atoms with van der Waals surface area (Å²) in [6.45, 7) is 4.30. The van der Waals surface area contributed by atoms with E-state index in [-0.39, 0.29) is 24.4 Å². The van der Waals surface area contributed by atoms with E-state index in [0.29, 0.717) is 12.4 Å². The molecule has 0 aliphatic heterocycles. The zero-order valence-corrected chi connectivity index (χ0v) is 10.5. The first-order valence-corrected chi connectivity index (χ1v) is 5.78. The Kier molecular flexibility index (Phi) is 5.38. The van der Waals surface area contributed by atoms with Crippen LogP contribution in [-0.4, -0.2) is 25.4 Å². The minimum absolute atomic E-state index is 0.0380. The fraction of sp³-hybridized carbons (Fsp3) is 0.538. The molecule has 0 heterocycles. The Balaban J connectivity index is 2.83. The summed E-state index contributed by atoms with van der Waals surface area (Å²) in [6, 6.07) is 4.61. The third kappa shape index (κ3) is 3.98. The fourth-order valence-corrected chi connectivity index (χ4v) is 1.43. The molecule has 0 bridgehead atoms. The number of hydrogen-bond donors (Lipinski definition) is 2. The number of hydrogen-bond acceptors (Lipinski definition) is 3. The SMILES string of the molecule is CNC(C)c1ccc(F)cc1OCC(C)CO. The maximum Gasteiger partial charge on any atom is 0.126 e. The van der Waals surface area contributed by atoms with E-state index in [9.17, 15) is 4.39 Å². The number of ether oxygens (including phenoxy) is 1. The summed E-state index contributed by atoms with van der Waals surface area (Å²) in [5, 5.41) is 12.0. The average molecular weight is 241 g/mol. The van der Waals surface area contributed by atoms with Crippen molar-refractivity contribution in [3.05, 3.63) is 29.6 Å². The fourth-order valence-electron chi connectivity index (χ4n) is 1.43. The van der Waals surface area contributed by atoms with Gasteiger partial charge < -0.3 is 15.2 Å². The van der Waals surface area contributed by atoms with Gasteiger partial charge >= 0.3 is 0 Å². The molecule has 0 fully saturated rings. The van der Waals surface area contributed by atoms with Gasteiger partial charge in [0, 0.05) is 30.2 Å². The van der Waals surface area contributed by atoms with E-state index in [1.165, 1.54) is 12.1 Å². The maximum absolute atomic E-state index is 13.2. The van der Waals surface area contributed by atoms with E-state index in [1.54, 1.807) is 6.07 Å². The smallest absolute Gasteiger partial charge is 0.126 e. The summed E-state index contributed by atoms with van der Waals surface area (Å²) < 4.78 is 18.7. The topological polar surface area (TPSA) is 41.5 Å². The van der Waals surface area contributed by atoms with Crippen LogP contribution in [0.1, 0.15) is 25.5 Å². The first kappa shape index (κ1) is 13.9. The second kappa shape index (κ2) is 6.57. The second-order valence-electron chi connectivity index (χ2n) is 4.29. The number of rotatable bonds is 6. The Bertz CT molecular complexity index is 357. The van der Waals surface area contributed by atoms with Crippen LogP contribution in [0, 0.1) is 11.7 Å². The molecular formula is C13H20FNO2. The molecule has 1 aromatic carbocycles. The summed E-state index contributed by atoms with van der Waals surface area (Å²) in [4.78, 5) is 0. The summed E-state index contributed by atoms with van der Waals surface area (Å²) in [5.41, 5.74) is 0.916. The van der Waals surface area contributed by atoms with E-state index in [1.807, 2.05) is 20.9 Å². The zero-order chi connectivity index (χ0) is 12.8. The predicted octanol–water partition coefficient (Wildman–Crippen LogP) is 2.11. The van der Waals surface area contributed by atoms with Crippen LogP contribution in [0.2, 0.25) is 0 Å². The highest BCUT2D eigenvalue weighted by molar-refractivity contribution is 5.36. The largest absolute Gasteiger partial charge is 0.493 e. The van der Waals surface area contributed by atoms with Gasteiger partial charge in [-0.15, -0.1) is 0 Å². The van der Waals surface area contributed by atoms with Gasteiger partial charge in [0.1, 0.15) is 11.6 Å². The molecule has 0 radical (unpaired) electrons. The van der Waals surface area contributed by atoms with Gasteiger partial charge in [0.15, 0.2) is 0 Å². The Morgan fingerprint density at radius 3 is 2.71 bits per heavy atom. The lowest BCUT2D eigenvalue weighted by Gasteiger charge is -2.18. The summed E-state index contributed by atoms with van der Waals surface area (Å²) in [5.74, 6) is 0.256. The molecule has 17 heavy (non-hydrogen) atoms. The highest BCUT2D eigenvalue weighted by Gasteiger charge is 2.12. The highest BCUT2D eigenvalue weighted by atomic mass is 19.1. The predicted molar refractivity (Wildman–Crippen MR) is 65.6 cm³/mol. The van der Waals surface area contributed by atoms with Crippen LogP contribution < -0.4 is 10.1 Å². The Hall–Kier alpha value is -1.13. The van der Waals surface area contributed by atoms with Crippen LogP contribution in [-0.2, 0) is 0 Å². The van der Waals surface area contributed by atoms with Crippen molar-refractivity contribution in [3.63, 3.8) is 0 Å². The number of nitrogens with one attached hydrogen (secondary N) is 1. The lowest BCUT2D eigenvalue weighted by atomic mass is 10.1. The molecule has 2 N–H and O–H groups in total. The number of halogens is 1. The molecule has 0 saturated heterocycles. The lowest BCUT2D eigenvalue weighted by molar-refractivity contribution is 0.173. The number of benzene rings is 1. The van der Waals surface area contributed by atoms with Crippen molar-refractivity contribution in [3.8, 4) is 5.75 Å². The Labute approximate surface area is 102 Å². The van der Waals surface area contributed by atoms with Gasteiger partial charge in [-0.1, -0.05) is 13.0 Å². The second-order valence-corrected chi connectivity index (χ2v) is 4.29. The Morgan fingerprint density at radius 1 is 1.41 bits per heavy atom. The van der Waals surface area contributed by atoms with Gasteiger partial charge in [0.2, 0.25) is 0 Å². The molecule has 0 aliphatic carbocycles. The van der Waals surface area contributed by atoms with E-state index >= 15 is 0 Å². The maximum atomic E-state index is 13.2. The van der Waals surface area contributed by atoms with Crippen LogP contribution >= 0.6 is 0 Å². The first-order chi connectivity index (χ1) is 8.08. The monoisotopic (exact) mass is 241 g/mol. The third-order valence-electron chi connectivity index (χ3n) is 2.71. The van der Waals surface area contributed by atoms with Crippen molar-refractivity contribution < 1.29 is 14.2 Å². The van der Waals surface area contributed by atoms with E-state index in [0.717, 1.165) is 5.56 Å². The minimum atomic E-state index is -0.316. The van der Waals surface area contributed by atoms with Crippen LogP contribution in [0.5, 0.6) is 5.75 Å². The molecule has 0 amide bonds. The Morgan fingerprint density at radius 2 is 2.12 bits per heavy atom. The van der Waals surface area contributed by atoms with Crippen molar-refractivity contribution in [1.82, 2.24) is 5.32 Å². The van der Waals surface area contributed by atoms with Gasteiger partial charge in [-0.3, -0.25) is 0 Å². The summed E-state index contributed by atoms with van der Waals surface area (Å²) in [6.07, 6.45) is 0. The van der Waals surface area contributed by atoms with E-state index in [4.69, 9.17) is 9.84 Å². The van der Waals surface area contributed by atoms with Gasteiger partial charge in [-0.25, -0.2) is 4.39 Å². The molecule has 2 unspecified atom stereocenters. The van der Waals surface area contributed by atoms with Crippen molar-refractivity contribution >= 4 is 0 Å². The standard InChI is InChI=1S/C13H20FNO2/c1-9(7-16)8-17-13-6-11(14)4-5-12(13)10(2)15-3/h4-6,9-10,15-16H,7-8H2,1-3H3. The minimum Gasteiger partial charge on any atom is -0.493 e. The van der Waals surface area contributed by atoms with Gasteiger partial charge in [0.25, 0.3) is 0 Å². The first-order valence-electron chi connectivity index (χ1n) is 5.78. The van der Waals surface area contributed by atoms with Crippen LogP contribution in [0.3, 0.4) is 0 Å². The third-order valence-corrected chi connectivity index (χ3v) is 2.71. The van der Waals surface area contributed by atoms with Gasteiger partial charge in [-0.05, 0) is 20.0 Å².